The van der Waals surface area contributed by atoms with Gasteiger partial charge in [0.25, 0.3) is 0 Å². The standard InChI is InChI=1S/C21H19ClF3N3O2/c1-3-28(4-2)14-10-9-13-11-15(20(29)30-18(13)12-14)19(21(23,24)25)27-26-17-8-6-5-7-16(17)22/h5-12,26H,3-4H2,1-2H3/b27-19+. The van der Waals surface area contributed by atoms with Gasteiger partial charge in [0.2, 0.25) is 0 Å². The fourth-order valence-corrected chi connectivity index (χ4v) is 3.17. The second kappa shape index (κ2) is 8.79. The average molecular weight is 438 g/mol. The molecule has 0 radical (unpaired) electrons. The van der Waals surface area contributed by atoms with Crippen LogP contribution in [0, 0.1) is 0 Å². The van der Waals surface area contributed by atoms with Gasteiger partial charge in [-0.05, 0) is 44.2 Å². The largest absolute Gasteiger partial charge is 0.435 e. The van der Waals surface area contributed by atoms with Crippen molar-refractivity contribution in [1.82, 2.24) is 0 Å². The Morgan fingerprint density at radius 3 is 2.47 bits per heavy atom. The fourth-order valence-electron chi connectivity index (χ4n) is 2.99. The van der Waals surface area contributed by atoms with Crippen molar-refractivity contribution in [3.8, 4) is 0 Å². The zero-order chi connectivity index (χ0) is 21.9. The van der Waals surface area contributed by atoms with Gasteiger partial charge >= 0.3 is 11.8 Å². The molecule has 0 fully saturated rings. The Morgan fingerprint density at radius 2 is 1.83 bits per heavy atom. The minimum absolute atomic E-state index is 0.176. The number of anilines is 2. The van der Waals surface area contributed by atoms with Gasteiger partial charge in [0.1, 0.15) is 5.58 Å². The molecule has 1 N–H and O–H groups in total. The van der Waals surface area contributed by atoms with Crippen LogP contribution in [0.25, 0.3) is 11.0 Å². The van der Waals surface area contributed by atoms with E-state index in [1.54, 1.807) is 30.3 Å². The van der Waals surface area contributed by atoms with Gasteiger partial charge in [0, 0.05) is 30.2 Å². The summed E-state index contributed by atoms with van der Waals surface area (Å²) in [4.78, 5) is 14.4. The summed E-state index contributed by atoms with van der Waals surface area (Å²) < 4.78 is 46.2. The molecule has 0 aliphatic carbocycles. The van der Waals surface area contributed by atoms with E-state index in [1.807, 2.05) is 18.7 Å². The highest BCUT2D eigenvalue weighted by Crippen LogP contribution is 2.27. The first-order valence-corrected chi connectivity index (χ1v) is 9.61. The van der Waals surface area contributed by atoms with Crippen LogP contribution in [0.2, 0.25) is 5.02 Å². The molecule has 0 saturated heterocycles. The van der Waals surface area contributed by atoms with Gasteiger partial charge in [0.15, 0.2) is 5.71 Å². The van der Waals surface area contributed by atoms with Crippen molar-refractivity contribution in [3.63, 3.8) is 0 Å². The van der Waals surface area contributed by atoms with Gasteiger partial charge < -0.3 is 9.32 Å². The Hall–Kier alpha value is -3.00. The van der Waals surface area contributed by atoms with Crippen LogP contribution >= 0.6 is 11.6 Å². The van der Waals surface area contributed by atoms with E-state index in [9.17, 15) is 18.0 Å². The van der Waals surface area contributed by atoms with Crippen molar-refractivity contribution in [2.75, 3.05) is 23.4 Å². The quantitative estimate of drug-likeness (QED) is 0.306. The fraction of sp³-hybridized carbons (Fsp3) is 0.238. The van der Waals surface area contributed by atoms with E-state index < -0.39 is 23.1 Å². The maximum Gasteiger partial charge on any atom is 0.435 e. The molecule has 9 heteroatoms. The number of hydrazone groups is 1. The summed E-state index contributed by atoms with van der Waals surface area (Å²) in [6, 6.07) is 12.4. The summed E-state index contributed by atoms with van der Waals surface area (Å²) in [5.74, 6) is 0. The molecule has 30 heavy (non-hydrogen) atoms. The summed E-state index contributed by atoms with van der Waals surface area (Å²) in [5.41, 5.74) is 0.258. The van der Waals surface area contributed by atoms with E-state index in [0.29, 0.717) is 5.39 Å². The minimum atomic E-state index is -4.89. The van der Waals surface area contributed by atoms with E-state index in [0.717, 1.165) is 24.8 Å². The third-order valence-electron chi connectivity index (χ3n) is 4.53. The Balaban J connectivity index is 2.07. The first kappa shape index (κ1) is 21.7. The van der Waals surface area contributed by atoms with Crippen molar-refractivity contribution in [2.45, 2.75) is 20.0 Å². The van der Waals surface area contributed by atoms with Gasteiger partial charge in [-0.25, -0.2) is 4.79 Å². The minimum Gasteiger partial charge on any atom is -0.422 e. The molecule has 158 valence electrons. The van der Waals surface area contributed by atoms with E-state index >= 15 is 0 Å². The number of nitrogens with zero attached hydrogens (tertiary/aromatic N) is 2. The van der Waals surface area contributed by atoms with E-state index in [2.05, 4.69) is 10.5 Å². The molecule has 1 heterocycles. The van der Waals surface area contributed by atoms with Gasteiger partial charge in [0.05, 0.1) is 16.3 Å². The molecule has 0 atom stereocenters. The predicted molar refractivity (Wildman–Crippen MR) is 114 cm³/mol. The lowest BCUT2D eigenvalue weighted by Crippen LogP contribution is -2.30. The molecule has 0 bridgehead atoms. The van der Waals surface area contributed by atoms with Crippen molar-refractivity contribution in [1.29, 1.82) is 0 Å². The van der Waals surface area contributed by atoms with Crippen molar-refractivity contribution < 1.29 is 17.6 Å². The zero-order valence-electron chi connectivity index (χ0n) is 16.3. The summed E-state index contributed by atoms with van der Waals surface area (Å²) in [6.07, 6.45) is -4.89. The van der Waals surface area contributed by atoms with Crippen LogP contribution in [0.1, 0.15) is 19.4 Å². The highest BCUT2D eigenvalue weighted by molar-refractivity contribution is 6.33. The Bertz CT molecular complexity index is 1140. The van der Waals surface area contributed by atoms with Crippen LogP contribution < -0.4 is 16.0 Å². The van der Waals surface area contributed by atoms with Crippen LogP contribution in [-0.4, -0.2) is 25.0 Å². The van der Waals surface area contributed by atoms with Crippen LogP contribution in [0.4, 0.5) is 24.5 Å². The third kappa shape index (κ3) is 4.59. The van der Waals surface area contributed by atoms with E-state index in [1.165, 1.54) is 12.1 Å². The molecule has 0 saturated carbocycles. The Labute approximate surface area is 175 Å². The maximum atomic E-state index is 13.7. The number of rotatable bonds is 6. The molecule has 0 amide bonds. The summed E-state index contributed by atoms with van der Waals surface area (Å²) in [6.45, 7) is 5.43. The van der Waals surface area contributed by atoms with Crippen LogP contribution in [0.15, 0.2) is 62.8 Å². The van der Waals surface area contributed by atoms with Gasteiger partial charge in [-0.15, -0.1) is 0 Å². The lowest BCUT2D eigenvalue weighted by atomic mass is 10.1. The molecule has 1 aromatic heterocycles. The molecule has 0 spiro atoms. The molecule has 0 aliphatic rings. The number of alkyl halides is 3. The molecule has 5 nitrogen and oxygen atoms in total. The van der Waals surface area contributed by atoms with Crippen LogP contribution in [0.5, 0.6) is 0 Å². The van der Waals surface area contributed by atoms with E-state index in [-0.39, 0.29) is 16.3 Å². The third-order valence-corrected chi connectivity index (χ3v) is 4.86. The molecule has 3 rings (SSSR count). The van der Waals surface area contributed by atoms with Crippen molar-refractivity contribution in [3.05, 3.63) is 69.5 Å². The number of nitrogens with one attached hydrogen (secondary N) is 1. The van der Waals surface area contributed by atoms with Gasteiger partial charge in [-0.1, -0.05) is 23.7 Å². The molecular formula is C21H19ClF3N3O2. The first-order chi connectivity index (χ1) is 14.2. The van der Waals surface area contributed by atoms with Crippen LogP contribution in [0.3, 0.4) is 0 Å². The van der Waals surface area contributed by atoms with Crippen molar-refractivity contribution >= 4 is 39.7 Å². The maximum absolute atomic E-state index is 13.7. The molecule has 2 aromatic carbocycles. The monoisotopic (exact) mass is 437 g/mol. The second-order valence-corrected chi connectivity index (χ2v) is 6.80. The number of fused-ring (bicyclic) bond motifs is 1. The lowest BCUT2D eigenvalue weighted by molar-refractivity contribution is -0.0582. The molecule has 3 aromatic rings. The van der Waals surface area contributed by atoms with Gasteiger partial charge in [-0.2, -0.15) is 18.3 Å². The highest BCUT2D eigenvalue weighted by Gasteiger charge is 2.39. The van der Waals surface area contributed by atoms with Gasteiger partial charge in [-0.3, -0.25) is 5.43 Å². The number of halogens is 4. The Morgan fingerprint density at radius 1 is 1.13 bits per heavy atom. The summed E-state index contributed by atoms with van der Waals surface area (Å²) >= 11 is 5.94. The topological polar surface area (TPSA) is 57.8 Å². The summed E-state index contributed by atoms with van der Waals surface area (Å²) in [5, 5.41) is 3.97. The Kier molecular flexibility index (Phi) is 6.36. The number of para-hydroxylation sites is 1. The predicted octanol–water partition coefficient (Wildman–Crippen LogP) is 5.67. The number of hydrogen-bond donors (Lipinski definition) is 1. The average Bonchev–Trinajstić information content (AvgIpc) is 2.69. The lowest BCUT2D eigenvalue weighted by Gasteiger charge is -2.21. The molecule has 0 aliphatic heterocycles. The first-order valence-electron chi connectivity index (χ1n) is 9.23. The number of hydrogen-bond acceptors (Lipinski definition) is 5. The highest BCUT2D eigenvalue weighted by atomic mass is 35.5. The smallest absolute Gasteiger partial charge is 0.422 e. The number of benzene rings is 2. The normalized spacial score (nSPS) is 12.3. The van der Waals surface area contributed by atoms with Crippen LogP contribution in [-0.2, 0) is 0 Å². The van der Waals surface area contributed by atoms with E-state index in [4.69, 9.17) is 16.0 Å². The van der Waals surface area contributed by atoms with Crippen molar-refractivity contribution in [2.24, 2.45) is 5.10 Å². The SMILES string of the molecule is CCN(CC)c1ccc2cc(/C(=N\Nc3ccccc3Cl)C(F)(F)F)c(=O)oc2c1. The zero-order valence-corrected chi connectivity index (χ0v) is 17.0. The second-order valence-electron chi connectivity index (χ2n) is 6.39. The molecule has 0 unspecified atom stereocenters. The molecular weight excluding hydrogens is 419 g/mol. The summed E-state index contributed by atoms with van der Waals surface area (Å²) in [7, 11) is 0.